The lowest BCUT2D eigenvalue weighted by Crippen LogP contribution is -2.49. The Morgan fingerprint density at radius 1 is 1.06 bits per heavy atom. The van der Waals surface area contributed by atoms with Crippen LogP contribution in [0.25, 0.3) is 5.65 Å². The minimum atomic E-state index is -0.239. The van der Waals surface area contributed by atoms with Crippen LogP contribution >= 0.6 is 0 Å². The predicted molar refractivity (Wildman–Crippen MR) is 123 cm³/mol. The van der Waals surface area contributed by atoms with Crippen molar-refractivity contribution in [2.24, 2.45) is 0 Å². The van der Waals surface area contributed by atoms with Gasteiger partial charge < -0.3 is 14.5 Å². The lowest BCUT2D eigenvalue weighted by Gasteiger charge is -2.37. The summed E-state index contributed by atoms with van der Waals surface area (Å²) in [5.74, 6) is 0.628. The zero-order valence-corrected chi connectivity index (χ0v) is 18.7. The van der Waals surface area contributed by atoms with Crippen molar-refractivity contribution >= 4 is 17.5 Å². The summed E-state index contributed by atoms with van der Waals surface area (Å²) in [7, 11) is 0. The van der Waals surface area contributed by atoms with Crippen molar-refractivity contribution < 1.29 is 14.3 Å². The van der Waals surface area contributed by atoms with Crippen LogP contribution in [-0.4, -0.2) is 68.5 Å². The Morgan fingerprint density at radius 2 is 2.00 bits per heavy atom. The third-order valence-corrected chi connectivity index (χ3v) is 6.56. The normalized spacial score (nSPS) is 20.1. The SMILES string of the molecule is O=C(c1cnc2cccnn12)N1CCCOc2cccc(c2)CCC2CCCCN2C(=O)C1. The summed E-state index contributed by atoms with van der Waals surface area (Å²) < 4.78 is 7.48. The van der Waals surface area contributed by atoms with E-state index in [0.29, 0.717) is 30.9 Å². The molecule has 2 bridgehead atoms. The molecular weight excluding hydrogens is 418 g/mol. The van der Waals surface area contributed by atoms with Crippen molar-refractivity contribution in [2.45, 2.75) is 44.6 Å². The number of ether oxygens (including phenoxy) is 1. The molecule has 3 aromatic rings. The standard InChI is InChI=1S/C25H29N5O3/c31-24-18-28(25(32)22-17-26-23-9-4-12-27-30(22)23)13-5-15-33-21-8-3-6-19(16-21)10-11-20-7-1-2-14-29(20)24/h3-4,6,8-9,12,16-17,20H,1-2,5,7,10-11,13-15,18H2. The average Bonchev–Trinajstić information content (AvgIpc) is 3.28. The fourth-order valence-electron chi connectivity index (χ4n) is 4.84. The number of hydrogen-bond donors (Lipinski definition) is 0. The maximum absolute atomic E-state index is 13.5. The smallest absolute Gasteiger partial charge is 0.274 e. The molecule has 172 valence electrons. The molecule has 5 rings (SSSR count). The third-order valence-electron chi connectivity index (χ3n) is 6.56. The van der Waals surface area contributed by atoms with Crippen molar-refractivity contribution in [2.75, 3.05) is 26.2 Å². The van der Waals surface area contributed by atoms with Crippen molar-refractivity contribution in [3.63, 3.8) is 0 Å². The van der Waals surface area contributed by atoms with E-state index in [9.17, 15) is 9.59 Å². The van der Waals surface area contributed by atoms with Gasteiger partial charge in [0, 0.05) is 25.3 Å². The Morgan fingerprint density at radius 3 is 2.94 bits per heavy atom. The molecule has 8 heteroatoms. The summed E-state index contributed by atoms with van der Waals surface area (Å²) in [5.41, 5.74) is 2.20. The molecule has 0 spiro atoms. The van der Waals surface area contributed by atoms with Crippen LogP contribution in [-0.2, 0) is 11.2 Å². The molecule has 1 saturated heterocycles. The second-order valence-electron chi connectivity index (χ2n) is 8.79. The first-order chi connectivity index (χ1) is 16.2. The van der Waals surface area contributed by atoms with Gasteiger partial charge in [0.05, 0.1) is 12.8 Å². The molecule has 0 aliphatic carbocycles. The number of aromatic nitrogens is 3. The van der Waals surface area contributed by atoms with Gasteiger partial charge in [-0.05, 0) is 68.4 Å². The summed E-state index contributed by atoms with van der Waals surface area (Å²) in [6.45, 7) is 1.70. The first-order valence-corrected chi connectivity index (χ1v) is 11.8. The van der Waals surface area contributed by atoms with Crippen LogP contribution in [0.5, 0.6) is 5.75 Å². The minimum Gasteiger partial charge on any atom is -0.494 e. The summed E-state index contributed by atoms with van der Waals surface area (Å²) in [5, 5.41) is 4.27. The summed E-state index contributed by atoms with van der Waals surface area (Å²) in [4.78, 5) is 34.8. The fraction of sp³-hybridized carbons (Fsp3) is 0.440. The molecule has 1 unspecified atom stereocenters. The highest BCUT2D eigenvalue weighted by Crippen LogP contribution is 2.24. The predicted octanol–water partition coefficient (Wildman–Crippen LogP) is 2.97. The second-order valence-corrected chi connectivity index (χ2v) is 8.79. The van der Waals surface area contributed by atoms with E-state index in [4.69, 9.17) is 4.74 Å². The van der Waals surface area contributed by atoms with E-state index in [1.54, 1.807) is 23.2 Å². The molecule has 2 amide bonds. The van der Waals surface area contributed by atoms with E-state index in [0.717, 1.165) is 44.4 Å². The first-order valence-electron chi connectivity index (χ1n) is 11.8. The lowest BCUT2D eigenvalue weighted by molar-refractivity contribution is -0.135. The summed E-state index contributed by atoms with van der Waals surface area (Å²) in [6.07, 6.45) is 8.75. The van der Waals surface area contributed by atoms with Gasteiger partial charge in [-0.15, -0.1) is 0 Å². The van der Waals surface area contributed by atoms with Gasteiger partial charge in [0.2, 0.25) is 5.91 Å². The van der Waals surface area contributed by atoms with Crippen LogP contribution in [0.4, 0.5) is 0 Å². The van der Waals surface area contributed by atoms with Crippen LogP contribution in [0.2, 0.25) is 0 Å². The number of carbonyl (C=O) groups is 2. The van der Waals surface area contributed by atoms with Gasteiger partial charge in [0.15, 0.2) is 11.3 Å². The number of imidazole rings is 1. The molecular formula is C25H29N5O3. The highest BCUT2D eigenvalue weighted by Gasteiger charge is 2.30. The monoisotopic (exact) mass is 447 g/mol. The van der Waals surface area contributed by atoms with Gasteiger partial charge in [-0.25, -0.2) is 9.50 Å². The van der Waals surface area contributed by atoms with Gasteiger partial charge >= 0.3 is 0 Å². The number of hydrogen-bond acceptors (Lipinski definition) is 5. The first kappa shape index (κ1) is 21.4. The van der Waals surface area contributed by atoms with Gasteiger partial charge in [0.25, 0.3) is 5.91 Å². The number of aryl methyl sites for hydroxylation is 1. The average molecular weight is 448 g/mol. The Hall–Kier alpha value is -3.42. The third kappa shape index (κ3) is 4.69. The maximum atomic E-state index is 13.5. The van der Waals surface area contributed by atoms with Crippen molar-refractivity contribution in [1.82, 2.24) is 24.4 Å². The van der Waals surface area contributed by atoms with Crippen molar-refractivity contribution in [1.29, 1.82) is 0 Å². The molecule has 0 radical (unpaired) electrons. The second kappa shape index (κ2) is 9.60. The van der Waals surface area contributed by atoms with E-state index >= 15 is 0 Å². The minimum absolute atomic E-state index is 0.0153. The number of nitrogens with zero attached hydrogens (tertiary/aromatic N) is 5. The van der Waals surface area contributed by atoms with E-state index in [-0.39, 0.29) is 24.4 Å². The molecule has 4 heterocycles. The van der Waals surface area contributed by atoms with Crippen LogP contribution in [0, 0.1) is 0 Å². The molecule has 33 heavy (non-hydrogen) atoms. The van der Waals surface area contributed by atoms with Gasteiger partial charge in [-0.3, -0.25) is 9.59 Å². The quantitative estimate of drug-likeness (QED) is 0.573. The van der Waals surface area contributed by atoms with Gasteiger partial charge in [-0.2, -0.15) is 5.10 Å². The van der Waals surface area contributed by atoms with E-state index < -0.39 is 0 Å². The molecule has 1 fully saturated rings. The topological polar surface area (TPSA) is 80.0 Å². The van der Waals surface area contributed by atoms with Crippen LogP contribution in [0.1, 0.15) is 48.2 Å². The highest BCUT2D eigenvalue weighted by molar-refractivity contribution is 5.95. The molecule has 0 saturated carbocycles. The molecule has 2 aliphatic rings. The molecule has 2 aromatic heterocycles. The zero-order chi connectivity index (χ0) is 22.6. The summed E-state index contributed by atoms with van der Waals surface area (Å²) in [6, 6.07) is 12.0. The van der Waals surface area contributed by atoms with E-state index in [2.05, 4.69) is 22.2 Å². The van der Waals surface area contributed by atoms with Crippen molar-refractivity contribution in [3.8, 4) is 5.75 Å². The number of amides is 2. The molecule has 0 N–H and O–H groups in total. The van der Waals surface area contributed by atoms with Crippen molar-refractivity contribution in [3.05, 3.63) is 60.0 Å². The number of piperidine rings is 1. The highest BCUT2D eigenvalue weighted by atomic mass is 16.5. The fourth-order valence-corrected chi connectivity index (χ4v) is 4.84. The Balaban J connectivity index is 1.42. The van der Waals surface area contributed by atoms with Crippen LogP contribution < -0.4 is 4.74 Å². The number of rotatable bonds is 1. The zero-order valence-electron chi connectivity index (χ0n) is 18.7. The van der Waals surface area contributed by atoms with Crippen LogP contribution in [0.15, 0.2) is 48.8 Å². The Bertz CT molecular complexity index is 1140. The molecule has 1 aromatic carbocycles. The molecule has 1 atom stereocenters. The van der Waals surface area contributed by atoms with Gasteiger partial charge in [0.1, 0.15) is 12.3 Å². The summed E-state index contributed by atoms with van der Waals surface area (Å²) >= 11 is 0. The molecule has 2 aliphatic heterocycles. The lowest BCUT2D eigenvalue weighted by atomic mass is 9.95. The van der Waals surface area contributed by atoms with E-state index in [1.807, 2.05) is 17.0 Å². The van der Waals surface area contributed by atoms with Gasteiger partial charge in [-0.1, -0.05) is 12.1 Å². The van der Waals surface area contributed by atoms with E-state index in [1.165, 1.54) is 16.3 Å². The maximum Gasteiger partial charge on any atom is 0.274 e. The van der Waals surface area contributed by atoms with Crippen LogP contribution in [0.3, 0.4) is 0 Å². The number of benzene rings is 1. The Kier molecular flexibility index (Phi) is 6.24. The molecule has 8 nitrogen and oxygen atoms in total. The Labute approximate surface area is 193 Å². The number of fused-ring (bicyclic) bond motifs is 4. The largest absolute Gasteiger partial charge is 0.494 e. The number of carbonyl (C=O) groups excluding carboxylic acids is 2.